The maximum absolute atomic E-state index is 13.0. The SMILES string of the molecule is C[C@@H](C(=O)Cc1ccc(COC(=O)Oc2ccc([N+](=O)[O-])cc2)cc1)N(C(=O)OC(C)(C)C)C(=O)OC(C)(C)C. The highest BCUT2D eigenvalue weighted by atomic mass is 16.7. The first-order chi connectivity index (χ1) is 18.4. The Labute approximate surface area is 232 Å². The van der Waals surface area contributed by atoms with Crippen LogP contribution in [0.15, 0.2) is 48.5 Å². The number of carbonyl (C=O) groups excluding carboxylic acids is 4. The first kappa shape index (κ1) is 31.7. The Hall–Kier alpha value is -4.48. The zero-order valence-corrected chi connectivity index (χ0v) is 23.6. The van der Waals surface area contributed by atoms with Gasteiger partial charge in [0.15, 0.2) is 5.78 Å². The number of nitrogens with zero attached hydrogens (tertiary/aromatic N) is 2. The van der Waals surface area contributed by atoms with Crippen LogP contribution in [-0.4, -0.2) is 51.2 Å². The van der Waals surface area contributed by atoms with Gasteiger partial charge in [-0.2, -0.15) is 0 Å². The van der Waals surface area contributed by atoms with E-state index in [-0.39, 0.29) is 24.5 Å². The lowest BCUT2D eigenvalue weighted by Crippen LogP contribution is -2.51. The summed E-state index contributed by atoms with van der Waals surface area (Å²) < 4.78 is 20.7. The van der Waals surface area contributed by atoms with Crippen molar-refractivity contribution in [1.29, 1.82) is 0 Å². The van der Waals surface area contributed by atoms with Gasteiger partial charge in [0, 0.05) is 18.6 Å². The van der Waals surface area contributed by atoms with Crippen molar-refractivity contribution in [2.45, 2.75) is 78.7 Å². The Morgan fingerprint density at radius 1 is 0.825 bits per heavy atom. The van der Waals surface area contributed by atoms with Crippen molar-refractivity contribution in [2.24, 2.45) is 0 Å². The normalized spacial score (nSPS) is 12.1. The Morgan fingerprint density at radius 2 is 1.30 bits per heavy atom. The number of amides is 2. The smallest absolute Gasteiger partial charge is 0.443 e. The van der Waals surface area contributed by atoms with E-state index in [1.165, 1.54) is 31.2 Å². The predicted molar refractivity (Wildman–Crippen MR) is 143 cm³/mol. The fourth-order valence-corrected chi connectivity index (χ4v) is 3.16. The van der Waals surface area contributed by atoms with Crippen LogP contribution in [0.4, 0.5) is 20.1 Å². The molecule has 0 radical (unpaired) electrons. The molecule has 0 spiro atoms. The number of ketones is 1. The van der Waals surface area contributed by atoms with E-state index in [1.54, 1.807) is 65.8 Å². The molecule has 0 saturated heterocycles. The zero-order valence-electron chi connectivity index (χ0n) is 23.6. The number of non-ortho nitro benzene ring substituents is 1. The van der Waals surface area contributed by atoms with Crippen molar-refractivity contribution in [3.63, 3.8) is 0 Å². The van der Waals surface area contributed by atoms with Gasteiger partial charge < -0.3 is 18.9 Å². The van der Waals surface area contributed by atoms with Crippen molar-refractivity contribution in [3.8, 4) is 5.75 Å². The van der Waals surface area contributed by atoms with Gasteiger partial charge in [-0.1, -0.05) is 24.3 Å². The summed E-state index contributed by atoms with van der Waals surface area (Å²) in [6.45, 7) is 11.2. The van der Waals surface area contributed by atoms with Crippen LogP contribution in [-0.2, 0) is 32.0 Å². The highest BCUT2D eigenvalue weighted by Gasteiger charge is 2.37. The first-order valence-electron chi connectivity index (χ1n) is 12.4. The van der Waals surface area contributed by atoms with Gasteiger partial charge in [-0.25, -0.2) is 19.3 Å². The number of nitro benzene ring substituents is 1. The van der Waals surface area contributed by atoms with Crippen LogP contribution < -0.4 is 4.74 Å². The van der Waals surface area contributed by atoms with Gasteiger partial charge >= 0.3 is 18.3 Å². The lowest BCUT2D eigenvalue weighted by atomic mass is 10.0. The van der Waals surface area contributed by atoms with Gasteiger partial charge in [0.1, 0.15) is 29.6 Å². The van der Waals surface area contributed by atoms with Crippen LogP contribution in [0.2, 0.25) is 0 Å². The Morgan fingerprint density at radius 3 is 1.75 bits per heavy atom. The van der Waals surface area contributed by atoms with E-state index >= 15 is 0 Å². The second-order valence-electron chi connectivity index (χ2n) is 10.9. The molecule has 2 aromatic rings. The number of nitro groups is 1. The van der Waals surface area contributed by atoms with Crippen molar-refractivity contribution in [1.82, 2.24) is 4.90 Å². The molecule has 2 aromatic carbocycles. The Kier molecular flexibility index (Phi) is 10.4. The van der Waals surface area contributed by atoms with Gasteiger partial charge in [-0.15, -0.1) is 0 Å². The number of Topliss-reactive ketones (excluding diaryl/α,β-unsaturated/α-hetero) is 1. The minimum absolute atomic E-state index is 0.0883. The molecule has 0 aliphatic heterocycles. The van der Waals surface area contributed by atoms with E-state index in [4.69, 9.17) is 18.9 Å². The van der Waals surface area contributed by atoms with Crippen LogP contribution in [0.5, 0.6) is 5.75 Å². The second-order valence-corrected chi connectivity index (χ2v) is 10.9. The number of ether oxygens (including phenoxy) is 4. The third-order valence-corrected chi connectivity index (χ3v) is 5.04. The summed E-state index contributed by atoms with van der Waals surface area (Å²) in [5.41, 5.74) is -0.731. The van der Waals surface area contributed by atoms with E-state index in [0.717, 1.165) is 0 Å². The van der Waals surface area contributed by atoms with Crippen molar-refractivity contribution < 1.29 is 43.0 Å². The molecule has 0 aliphatic rings. The van der Waals surface area contributed by atoms with E-state index in [1.807, 2.05) is 0 Å². The van der Waals surface area contributed by atoms with Crippen LogP contribution >= 0.6 is 0 Å². The van der Waals surface area contributed by atoms with Gasteiger partial charge in [0.05, 0.1) is 4.92 Å². The summed E-state index contributed by atoms with van der Waals surface area (Å²) >= 11 is 0. The molecule has 0 saturated carbocycles. The summed E-state index contributed by atoms with van der Waals surface area (Å²) in [5, 5.41) is 10.7. The molecule has 0 N–H and O–H groups in total. The number of benzene rings is 2. The summed E-state index contributed by atoms with van der Waals surface area (Å²) in [6, 6.07) is 10.4. The second kappa shape index (κ2) is 13.0. The topological polar surface area (TPSA) is 152 Å². The summed E-state index contributed by atoms with van der Waals surface area (Å²) in [5.74, 6) is -0.335. The standard InChI is InChI=1S/C28H34N2O10/c1-18(29(24(32)39-27(2,3)4)25(33)40-28(5,6)7)23(31)16-19-8-10-20(11-9-19)17-37-26(34)38-22-14-12-21(13-15-22)30(35)36/h8-15,18H,16-17H2,1-7H3/t18-/m0/s1. The molecule has 0 heterocycles. The molecule has 0 aliphatic carbocycles. The molecular weight excluding hydrogens is 524 g/mol. The summed E-state index contributed by atoms with van der Waals surface area (Å²) in [6.07, 6.45) is -3.07. The molecule has 0 fully saturated rings. The lowest BCUT2D eigenvalue weighted by Gasteiger charge is -2.31. The van der Waals surface area contributed by atoms with Crippen LogP contribution in [0.25, 0.3) is 0 Å². The Balaban J connectivity index is 1.99. The van der Waals surface area contributed by atoms with Crippen LogP contribution in [0.1, 0.15) is 59.6 Å². The van der Waals surface area contributed by atoms with E-state index in [9.17, 15) is 29.3 Å². The molecule has 2 amide bonds. The molecule has 0 unspecified atom stereocenters. The van der Waals surface area contributed by atoms with E-state index in [2.05, 4.69) is 0 Å². The average molecular weight is 559 g/mol. The van der Waals surface area contributed by atoms with Crippen molar-refractivity contribution >= 4 is 29.8 Å². The van der Waals surface area contributed by atoms with Gasteiger partial charge in [0.25, 0.3) is 5.69 Å². The van der Waals surface area contributed by atoms with Crippen LogP contribution in [0, 0.1) is 10.1 Å². The molecule has 2 rings (SSSR count). The average Bonchev–Trinajstić information content (AvgIpc) is 2.81. The molecule has 216 valence electrons. The maximum atomic E-state index is 13.0. The number of hydrogen-bond donors (Lipinski definition) is 0. The number of imide groups is 1. The molecule has 0 aromatic heterocycles. The van der Waals surface area contributed by atoms with Gasteiger partial charge in [0.2, 0.25) is 0 Å². The fourth-order valence-electron chi connectivity index (χ4n) is 3.16. The van der Waals surface area contributed by atoms with Gasteiger partial charge in [-0.3, -0.25) is 14.9 Å². The summed E-state index contributed by atoms with van der Waals surface area (Å²) in [7, 11) is 0. The van der Waals surface area contributed by atoms with Crippen molar-refractivity contribution in [3.05, 3.63) is 69.8 Å². The van der Waals surface area contributed by atoms with Crippen molar-refractivity contribution in [2.75, 3.05) is 0 Å². The first-order valence-corrected chi connectivity index (χ1v) is 12.4. The molecule has 40 heavy (non-hydrogen) atoms. The van der Waals surface area contributed by atoms with E-state index < -0.39 is 46.3 Å². The van der Waals surface area contributed by atoms with E-state index in [0.29, 0.717) is 16.0 Å². The Bertz CT molecular complexity index is 1200. The number of hydrogen-bond acceptors (Lipinski definition) is 10. The molecule has 0 bridgehead atoms. The third kappa shape index (κ3) is 10.4. The monoisotopic (exact) mass is 558 g/mol. The highest BCUT2D eigenvalue weighted by molar-refractivity contribution is 5.96. The summed E-state index contributed by atoms with van der Waals surface area (Å²) in [4.78, 5) is 61.4. The zero-order chi connectivity index (χ0) is 30.3. The molecule has 12 nitrogen and oxygen atoms in total. The number of carbonyl (C=O) groups is 4. The largest absolute Gasteiger partial charge is 0.514 e. The van der Waals surface area contributed by atoms with Gasteiger partial charge in [-0.05, 0) is 71.7 Å². The molecular formula is C28H34N2O10. The minimum Gasteiger partial charge on any atom is -0.443 e. The number of rotatable bonds is 8. The fraction of sp³-hybridized carbons (Fsp3) is 0.429. The third-order valence-electron chi connectivity index (χ3n) is 5.04. The predicted octanol–water partition coefficient (Wildman–Crippen LogP) is 5.98. The quantitative estimate of drug-likeness (QED) is 0.124. The lowest BCUT2D eigenvalue weighted by molar-refractivity contribution is -0.384. The highest BCUT2D eigenvalue weighted by Crippen LogP contribution is 2.20. The van der Waals surface area contributed by atoms with Crippen LogP contribution in [0.3, 0.4) is 0 Å². The maximum Gasteiger partial charge on any atom is 0.514 e. The molecule has 1 atom stereocenters. The minimum atomic E-state index is -1.16. The molecule has 12 heteroatoms.